The smallest absolute Gasteiger partial charge is 0.380 e. The van der Waals surface area contributed by atoms with Gasteiger partial charge in [0.1, 0.15) is 24.9 Å². The molecule has 0 bridgehead atoms. The number of carbonyl (C=O) groups excluding carboxylic acids is 1. The highest BCUT2D eigenvalue weighted by molar-refractivity contribution is 6.31. The van der Waals surface area contributed by atoms with Crippen molar-refractivity contribution in [1.29, 1.82) is 0 Å². The Balaban J connectivity index is 1.40. The van der Waals surface area contributed by atoms with E-state index in [1.807, 2.05) is 6.92 Å². The molecule has 3 atom stereocenters. The summed E-state index contributed by atoms with van der Waals surface area (Å²) in [6.45, 7) is 3.78. The van der Waals surface area contributed by atoms with Crippen molar-refractivity contribution in [2.24, 2.45) is 0 Å². The number of fused-ring (bicyclic) bond motifs is 2. The molecule has 5 rings (SSSR count). The topological polar surface area (TPSA) is 84.2 Å². The van der Waals surface area contributed by atoms with E-state index in [4.69, 9.17) is 25.5 Å². The van der Waals surface area contributed by atoms with Gasteiger partial charge in [0.25, 0.3) is 5.91 Å². The Bertz CT molecular complexity index is 1270. The molecule has 2 aliphatic rings. The molecule has 0 aliphatic carbocycles. The second kappa shape index (κ2) is 9.88. The van der Waals surface area contributed by atoms with Gasteiger partial charge in [-0.2, -0.15) is 8.78 Å². The molecular formula is C26H27ClF2N2O5. The molecule has 192 valence electrons. The fraction of sp³-hybridized carbons (Fsp3) is 0.423. The molecule has 1 saturated heterocycles. The number of nitrogens with zero attached hydrogens (tertiary/aromatic N) is 1. The van der Waals surface area contributed by atoms with Crippen LogP contribution in [0.5, 0.6) is 11.5 Å². The number of benzene rings is 2. The molecule has 7 nitrogen and oxygen atoms in total. The Morgan fingerprint density at radius 3 is 2.72 bits per heavy atom. The maximum Gasteiger partial charge on any atom is 0.380 e. The van der Waals surface area contributed by atoms with E-state index in [2.05, 4.69) is 10.2 Å². The number of ether oxygens (including phenoxy) is 2. The van der Waals surface area contributed by atoms with Gasteiger partial charge in [0.2, 0.25) is 0 Å². The number of amides is 1. The lowest BCUT2D eigenvalue weighted by atomic mass is 10.00. The summed E-state index contributed by atoms with van der Waals surface area (Å²) in [6.07, 6.45) is 0.654. The summed E-state index contributed by atoms with van der Waals surface area (Å²) >= 11 is 5.95. The van der Waals surface area contributed by atoms with E-state index in [1.165, 1.54) is 18.2 Å². The van der Waals surface area contributed by atoms with Crippen LogP contribution in [0.4, 0.5) is 8.78 Å². The second-order valence-electron chi connectivity index (χ2n) is 9.28. The van der Waals surface area contributed by atoms with Crippen molar-refractivity contribution in [3.8, 4) is 11.5 Å². The van der Waals surface area contributed by atoms with Crippen LogP contribution in [0.1, 0.15) is 37.2 Å². The van der Waals surface area contributed by atoms with Crippen LogP contribution in [-0.4, -0.2) is 54.3 Å². The standard InChI is InChI=1S/C26H27ClF2N2O5/c1-15-3-2-8-31(15)14-19(24(32)16-4-6-21-22(12-16)35-10-9-34-21)30-25(33)26(28,29)23-13-17-11-18(27)5-7-20(17)36-23/h4-7,11-13,15,19,24,32H,2-3,8-10,14H2,1H3,(H,30,33)/t15-,19-,24-/m1/s1. The van der Waals surface area contributed by atoms with Crippen LogP contribution in [0.25, 0.3) is 11.0 Å². The SMILES string of the molecule is C[C@@H]1CCCN1C[C@@H](NC(=O)C(F)(F)c1cc2cc(Cl)ccc2o1)[C@H](O)c1ccc2c(c1)OCCO2. The van der Waals surface area contributed by atoms with Crippen LogP contribution < -0.4 is 14.8 Å². The number of aliphatic hydroxyl groups excluding tert-OH is 1. The fourth-order valence-electron chi connectivity index (χ4n) is 4.76. The molecule has 10 heteroatoms. The van der Waals surface area contributed by atoms with Crippen molar-refractivity contribution in [3.63, 3.8) is 0 Å². The predicted octanol–water partition coefficient (Wildman–Crippen LogP) is 4.65. The van der Waals surface area contributed by atoms with Gasteiger partial charge in [0.15, 0.2) is 17.3 Å². The normalized spacial score (nSPS) is 19.9. The van der Waals surface area contributed by atoms with E-state index in [9.17, 15) is 9.90 Å². The lowest BCUT2D eigenvalue weighted by molar-refractivity contribution is -0.151. The number of alkyl halides is 2. The first-order valence-electron chi connectivity index (χ1n) is 11.9. The zero-order valence-electron chi connectivity index (χ0n) is 19.7. The third kappa shape index (κ3) is 4.87. The molecule has 0 saturated carbocycles. The minimum atomic E-state index is -3.97. The molecule has 1 amide bonds. The lowest BCUT2D eigenvalue weighted by Gasteiger charge is -2.32. The Morgan fingerprint density at radius 1 is 1.19 bits per heavy atom. The first-order valence-corrected chi connectivity index (χ1v) is 12.3. The van der Waals surface area contributed by atoms with Gasteiger partial charge in [0.05, 0.1) is 6.04 Å². The Morgan fingerprint density at radius 2 is 1.97 bits per heavy atom. The monoisotopic (exact) mass is 520 g/mol. The quantitative estimate of drug-likeness (QED) is 0.472. The van der Waals surface area contributed by atoms with Crippen LogP contribution in [0.15, 0.2) is 46.9 Å². The highest BCUT2D eigenvalue weighted by Gasteiger charge is 2.46. The van der Waals surface area contributed by atoms with Gasteiger partial charge < -0.3 is 24.3 Å². The van der Waals surface area contributed by atoms with Gasteiger partial charge in [0, 0.05) is 23.0 Å². The predicted molar refractivity (Wildman–Crippen MR) is 130 cm³/mol. The molecule has 0 unspecified atom stereocenters. The zero-order chi connectivity index (χ0) is 25.4. The van der Waals surface area contributed by atoms with Crippen LogP contribution >= 0.6 is 11.6 Å². The molecular weight excluding hydrogens is 494 g/mol. The molecule has 2 aromatic carbocycles. The minimum Gasteiger partial charge on any atom is -0.486 e. The highest BCUT2D eigenvalue weighted by Crippen LogP contribution is 2.36. The van der Waals surface area contributed by atoms with Gasteiger partial charge in [-0.25, -0.2) is 0 Å². The molecule has 0 spiro atoms. The molecule has 1 fully saturated rings. The molecule has 0 radical (unpaired) electrons. The molecule has 1 aromatic heterocycles. The maximum atomic E-state index is 15.3. The van der Waals surface area contributed by atoms with E-state index >= 15 is 8.78 Å². The largest absolute Gasteiger partial charge is 0.486 e. The first kappa shape index (κ1) is 24.8. The Labute approximate surface area is 211 Å². The summed E-state index contributed by atoms with van der Waals surface area (Å²) < 4.78 is 46.9. The lowest BCUT2D eigenvalue weighted by Crippen LogP contribution is -2.51. The van der Waals surface area contributed by atoms with Crippen molar-refractivity contribution in [2.75, 3.05) is 26.3 Å². The Kier molecular flexibility index (Phi) is 6.80. The second-order valence-corrected chi connectivity index (χ2v) is 9.72. The number of hydrogen-bond donors (Lipinski definition) is 2. The maximum absolute atomic E-state index is 15.3. The molecule has 2 N–H and O–H groups in total. The average molecular weight is 521 g/mol. The molecule has 36 heavy (non-hydrogen) atoms. The minimum absolute atomic E-state index is 0.195. The zero-order valence-corrected chi connectivity index (χ0v) is 20.4. The van der Waals surface area contributed by atoms with E-state index in [0.29, 0.717) is 40.7 Å². The molecule has 3 heterocycles. The van der Waals surface area contributed by atoms with Crippen LogP contribution in [0.3, 0.4) is 0 Å². The van der Waals surface area contributed by atoms with Crippen LogP contribution in [0.2, 0.25) is 5.02 Å². The van der Waals surface area contributed by atoms with Crippen molar-refractivity contribution in [2.45, 2.75) is 43.9 Å². The third-order valence-electron chi connectivity index (χ3n) is 6.80. The fourth-order valence-corrected chi connectivity index (χ4v) is 4.94. The highest BCUT2D eigenvalue weighted by atomic mass is 35.5. The number of halogens is 3. The molecule has 2 aliphatic heterocycles. The van der Waals surface area contributed by atoms with Crippen LogP contribution in [0, 0.1) is 0 Å². The van der Waals surface area contributed by atoms with Gasteiger partial charge in [-0.15, -0.1) is 0 Å². The van der Waals surface area contributed by atoms with Crippen molar-refractivity contribution < 1.29 is 32.6 Å². The summed E-state index contributed by atoms with van der Waals surface area (Å²) in [6, 6.07) is 9.71. The van der Waals surface area contributed by atoms with Crippen molar-refractivity contribution in [1.82, 2.24) is 10.2 Å². The summed E-state index contributed by atoms with van der Waals surface area (Å²) in [5.74, 6) is -5.31. The summed E-state index contributed by atoms with van der Waals surface area (Å²) in [5.41, 5.74) is 0.624. The number of nitrogens with one attached hydrogen (secondary N) is 1. The van der Waals surface area contributed by atoms with Crippen LogP contribution in [-0.2, 0) is 10.7 Å². The summed E-state index contributed by atoms with van der Waals surface area (Å²) in [7, 11) is 0. The number of furan rings is 1. The van der Waals surface area contributed by atoms with E-state index in [1.54, 1.807) is 18.2 Å². The van der Waals surface area contributed by atoms with Crippen molar-refractivity contribution in [3.05, 3.63) is 58.8 Å². The summed E-state index contributed by atoms with van der Waals surface area (Å²) in [5, 5.41) is 14.4. The number of hydrogen-bond acceptors (Lipinski definition) is 6. The molecule has 3 aromatic rings. The van der Waals surface area contributed by atoms with Gasteiger partial charge >= 0.3 is 5.92 Å². The summed E-state index contributed by atoms with van der Waals surface area (Å²) in [4.78, 5) is 15.0. The third-order valence-corrected chi connectivity index (χ3v) is 7.04. The van der Waals surface area contributed by atoms with E-state index in [0.717, 1.165) is 25.5 Å². The number of likely N-dealkylation sites (tertiary alicyclic amines) is 1. The van der Waals surface area contributed by atoms with Gasteiger partial charge in [-0.05, 0) is 68.3 Å². The van der Waals surface area contributed by atoms with E-state index < -0.39 is 29.7 Å². The number of aliphatic hydroxyl groups is 1. The van der Waals surface area contributed by atoms with Crippen molar-refractivity contribution >= 4 is 28.5 Å². The Hall–Kier alpha value is -2.88. The average Bonchev–Trinajstić information content (AvgIpc) is 3.48. The van der Waals surface area contributed by atoms with E-state index in [-0.39, 0.29) is 18.2 Å². The number of carbonyl (C=O) groups is 1. The number of rotatable bonds is 7. The first-order chi connectivity index (χ1) is 17.2. The van der Waals surface area contributed by atoms with Gasteiger partial charge in [-0.3, -0.25) is 9.69 Å². The van der Waals surface area contributed by atoms with Gasteiger partial charge in [-0.1, -0.05) is 17.7 Å².